The quantitative estimate of drug-likeness (QED) is 0.601. The molecule has 1 aliphatic heterocycles. The van der Waals surface area contributed by atoms with Gasteiger partial charge in [-0.1, -0.05) is 53.7 Å². The predicted molar refractivity (Wildman–Crippen MR) is 126 cm³/mol. The van der Waals surface area contributed by atoms with Crippen LogP contribution in [0.2, 0.25) is 0 Å². The standard InChI is InChI=1S/C25H30N4O3S/c1-33(31,32)17-18-5-4-7-20(13-18)19-9-11-28(12-10-19)15-22-16-29(27-26-22)24-14-21-6-2-3-8-23(21)25(24)30/h2-8,13,16,19,24-25,30H,9-12,14-15,17H2,1H3/t24-,25-/m1/s1. The molecule has 0 spiro atoms. The van der Waals surface area contributed by atoms with Gasteiger partial charge in [0.15, 0.2) is 9.84 Å². The van der Waals surface area contributed by atoms with E-state index in [9.17, 15) is 13.5 Å². The first-order valence-corrected chi connectivity index (χ1v) is 13.6. The number of likely N-dealkylation sites (tertiary alicyclic amines) is 1. The number of piperidine rings is 1. The summed E-state index contributed by atoms with van der Waals surface area (Å²) in [5.41, 5.74) is 5.19. The average Bonchev–Trinajstić information content (AvgIpc) is 3.38. The van der Waals surface area contributed by atoms with E-state index in [0.717, 1.165) is 55.7 Å². The normalized spacial score (nSPS) is 21.9. The minimum Gasteiger partial charge on any atom is -0.386 e. The van der Waals surface area contributed by atoms with Crippen molar-refractivity contribution in [2.45, 2.75) is 49.6 Å². The molecule has 2 aliphatic rings. The molecule has 1 saturated heterocycles. The molecule has 2 aromatic carbocycles. The highest BCUT2D eigenvalue weighted by Gasteiger charge is 2.33. The molecule has 33 heavy (non-hydrogen) atoms. The second kappa shape index (κ2) is 9.00. The third-order valence-electron chi connectivity index (χ3n) is 6.89. The van der Waals surface area contributed by atoms with Gasteiger partial charge in [0.1, 0.15) is 6.10 Å². The average molecular weight is 467 g/mol. The smallest absolute Gasteiger partial charge is 0.151 e. The fraction of sp³-hybridized carbons (Fsp3) is 0.440. The minimum absolute atomic E-state index is 0.0934. The molecule has 0 bridgehead atoms. The fourth-order valence-corrected chi connectivity index (χ4v) is 6.02. The lowest BCUT2D eigenvalue weighted by Crippen LogP contribution is -2.32. The van der Waals surface area contributed by atoms with E-state index in [4.69, 9.17) is 0 Å². The SMILES string of the molecule is CS(=O)(=O)Cc1cccc(C2CCN(Cc3cn([C@@H]4Cc5ccccc5[C@H]4O)nn3)CC2)c1. The van der Waals surface area contributed by atoms with E-state index in [0.29, 0.717) is 5.92 Å². The largest absolute Gasteiger partial charge is 0.386 e. The van der Waals surface area contributed by atoms with Gasteiger partial charge in [-0.15, -0.1) is 5.10 Å². The molecule has 5 rings (SSSR count). The van der Waals surface area contributed by atoms with Crippen molar-refractivity contribution in [1.29, 1.82) is 0 Å². The lowest BCUT2D eigenvalue weighted by atomic mass is 9.88. The van der Waals surface area contributed by atoms with Crippen molar-refractivity contribution >= 4 is 9.84 Å². The molecule has 174 valence electrons. The topological polar surface area (TPSA) is 88.3 Å². The van der Waals surface area contributed by atoms with Crippen LogP contribution in [-0.2, 0) is 28.6 Å². The van der Waals surface area contributed by atoms with Crippen LogP contribution in [0.3, 0.4) is 0 Å². The number of hydrogen-bond donors (Lipinski definition) is 1. The van der Waals surface area contributed by atoms with Crippen molar-refractivity contribution in [3.63, 3.8) is 0 Å². The van der Waals surface area contributed by atoms with Gasteiger partial charge in [0, 0.05) is 12.8 Å². The van der Waals surface area contributed by atoms with Gasteiger partial charge in [-0.3, -0.25) is 4.90 Å². The van der Waals surface area contributed by atoms with E-state index < -0.39 is 15.9 Å². The Labute approximate surface area is 195 Å². The second-order valence-electron chi connectivity index (χ2n) is 9.47. The molecule has 0 radical (unpaired) electrons. The van der Waals surface area contributed by atoms with Gasteiger partial charge in [0.05, 0.1) is 23.7 Å². The highest BCUT2D eigenvalue weighted by Crippen LogP contribution is 2.38. The Kier molecular flexibility index (Phi) is 6.07. The number of aliphatic hydroxyl groups excluding tert-OH is 1. The maximum absolute atomic E-state index is 11.6. The van der Waals surface area contributed by atoms with Crippen molar-refractivity contribution in [2.24, 2.45) is 0 Å². The molecule has 1 aromatic heterocycles. The summed E-state index contributed by atoms with van der Waals surface area (Å²) in [4.78, 5) is 2.39. The summed E-state index contributed by atoms with van der Waals surface area (Å²) >= 11 is 0. The molecule has 1 aliphatic carbocycles. The van der Waals surface area contributed by atoms with Gasteiger partial charge < -0.3 is 5.11 Å². The highest BCUT2D eigenvalue weighted by molar-refractivity contribution is 7.89. The van der Waals surface area contributed by atoms with Crippen molar-refractivity contribution < 1.29 is 13.5 Å². The zero-order valence-electron chi connectivity index (χ0n) is 18.8. The summed E-state index contributed by atoms with van der Waals surface area (Å²) in [6, 6.07) is 15.9. The molecule has 7 nitrogen and oxygen atoms in total. The van der Waals surface area contributed by atoms with Crippen molar-refractivity contribution in [3.05, 3.63) is 82.7 Å². The van der Waals surface area contributed by atoms with Gasteiger partial charge in [-0.25, -0.2) is 13.1 Å². The Morgan fingerprint density at radius 2 is 1.88 bits per heavy atom. The van der Waals surface area contributed by atoms with Crippen molar-refractivity contribution in [1.82, 2.24) is 19.9 Å². The van der Waals surface area contributed by atoms with Crippen molar-refractivity contribution in [3.8, 4) is 0 Å². The first kappa shape index (κ1) is 22.3. The summed E-state index contributed by atoms with van der Waals surface area (Å²) in [5.74, 6) is 0.541. The maximum Gasteiger partial charge on any atom is 0.151 e. The summed E-state index contributed by atoms with van der Waals surface area (Å²) < 4.78 is 25.1. The monoisotopic (exact) mass is 466 g/mol. The van der Waals surface area contributed by atoms with Crippen molar-refractivity contribution in [2.75, 3.05) is 19.3 Å². The number of aromatic nitrogens is 3. The fourth-order valence-electron chi connectivity index (χ4n) is 5.23. The number of sulfone groups is 1. The zero-order chi connectivity index (χ0) is 23.0. The zero-order valence-corrected chi connectivity index (χ0v) is 19.7. The molecule has 1 N–H and O–H groups in total. The van der Waals surface area contributed by atoms with E-state index in [2.05, 4.69) is 33.4 Å². The van der Waals surface area contributed by atoms with Crippen LogP contribution in [0.25, 0.3) is 0 Å². The molecule has 1 fully saturated rings. The molecule has 0 unspecified atom stereocenters. The third kappa shape index (κ3) is 5.03. The molecular weight excluding hydrogens is 436 g/mol. The highest BCUT2D eigenvalue weighted by atomic mass is 32.2. The summed E-state index contributed by atoms with van der Waals surface area (Å²) in [7, 11) is -3.03. The van der Waals surface area contributed by atoms with E-state index in [1.165, 1.54) is 17.4 Å². The predicted octanol–water partition coefficient (Wildman–Crippen LogP) is 3.03. The molecule has 2 atom stereocenters. The lowest BCUT2D eigenvalue weighted by molar-refractivity contribution is 0.120. The Morgan fingerprint density at radius 1 is 1.09 bits per heavy atom. The number of aliphatic hydroxyl groups is 1. The van der Waals surface area contributed by atoms with Gasteiger partial charge in [-0.2, -0.15) is 0 Å². The summed E-state index contributed by atoms with van der Waals surface area (Å²) in [5, 5.41) is 19.4. The van der Waals surface area contributed by atoms with E-state index in [-0.39, 0.29) is 11.8 Å². The Hall–Kier alpha value is -2.55. The van der Waals surface area contributed by atoms with E-state index >= 15 is 0 Å². The summed E-state index contributed by atoms with van der Waals surface area (Å²) in [6.45, 7) is 2.67. The van der Waals surface area contributed by atoms with Crippen LogP contribution in [0.15, 0.2) is 54.7 Å². The molecule has 8 heteroatoms. The number of nitrogens with zero attached hydrogens (tertiary/aromatic N) is 4. The van der Waals surface area contributed by atoms with Crippen LogP contribution in [0.1, 0.15) is 58.9 Å². The number of hydrogen-bond acceptors (Lipinski definition) is 6. The van der Waals surface area contributed by atoms with Crippen LogP contribution in [0.4, 0.5) is 0 Å². The van der Waals surface area contributed by atoms with Gasteiger partial charge in [-0.05, 0) is 60.5 Å². The van der Waals surface area contributed by atoms with Gasteiger partial charge in [0.25, 0.3) is 0 Å². The number of rotatable bonds is 6. The Bertz CT molecular complexity index is 1230. The van der Waals surface area contributed by atoms with Crippen LogP contribution < -0.4 is 0 Å². The lowest BCUT2D eigenvalue weighted by Gasteiger charge is -2.31. The van der Waals surface area contributed by atoms with E-state index in [1.807, 2.05) is 41.2 Å². The molecule has 2 heterocycles. The first-order chi connectivity index (χ1) is 15.9. The molecule has 0 saturated carbocycles. The van der Waals surface area contributed by atoms with Crippen LogP contribution >= 0.6 is 0 Å². The Morgan fingerprint density at radius 3 is 2.64 bits per heavy atom. The molecule has 3 aromatic rings. The van der Waals surface area contributed by atoms with Gasteiger partial charge >= 0.3 is 0 Å². The van der Waals surface area contributed by atoms with Crippen LogP contribution in [0.5, 0.6) is 0 Å². The molecule has 0 amide bonds. The van der Waals surface area contributed by atoms with Crippen LogP contribution in [0, 0.1) is 0 Å². The maximum atomic E-state index is 11.6. The molecular formula is C25H30N4O3S. The Balaban J connectivity index is 1.18. The van der Waals surface area contributed by atoms with E-state index in [1.54, 1.807) is 0 Å². The minimum atomic E-state index is -3.03. The number of benzene rings is 2. The second-order valence-corrected chi connectivity index (χ2v) is 11.6. The van der Waals surface area contributed by atoms with Gasteiger partial charge in [0.2, 0.25) is 0 Å². The summed E-state index contributed by atoms with van der Waals surface area (Å²) in [6.07, 6.45) is 5.54. The number of fused-ring (bicyclic) bond motifs is 1. The van der Waals surface area contributed by atoms with Crippen LogP contribution in [-0.4, -0.2) is 52.8 Å². The third-order valence-corrected chi connectivity index (χ3v) is 7.75. The first-order valence-electron chi connectivity index (χ1n) is 11.5.